The molecule has 1 aromatic carbocycles. The SMILES string of the molecule is CC(CN1CCCC1)NCc1ccc2c(c1)CC(C)O2. The molecule has 1 saturated heterocycles. The molecule has 3 heteroatoms. The van der Waals surface area contributed by atoms with Gasteiger partial charge in [-0.15, -0.1) is 0 Å². The molecule has 1 fully saturated rings. The lowest BCUT2D eigenvalue weighted by atomic mass is 10.1. The molecule has 2 aliphatic heterocycles. The molecule has 0 saturated carbocycles. The van der Waals surface area contributed by atoms with Gasteiger partial charge in [-0.2, -0.15) is 0 Å². The molecule has 1 N–H and O–H groups in total. The van der Waals surface area contributed by atoms with E-state index in [9.17, 15) is 0 Å². The van der Waals surface area contributed by atoms with Gasteiger partial charge < -0.3 is 15.0 Å². The van der Waals surface area contributed by atoms with Crippen molar-refractivity contribution in [2.45, 2.75) is 51.8 Å². The van der Waals surface area contributed by atoms with E-state index >= 15 is 0 Å². The van der Waals surface area contributed by atoms with Crippen LogP contribution < -0.4 is 10.1 Å². The van der Waals surface area contributed by atoms with Crippen LogP contribution in [0.5, 0.6) is 5.75 Å². The number of nitrogens with one attached hydrogen (secondary N) is 1. The second kappa shape index (κ2) is 6.15. The molecule has 20 heavy (non-hydrogen) atoms. The maximum Gasteiger partial charge on any atom is 0.123 e. The summed E-state index contributed by atoms with van der Waals surface area (Å²) in [5.41, 5.74) is 2.73. The third-order valence-corrected chi connectivity index (χ3v) is 4.35. The standard InChI is InChI=1S/C17H26N2O/c1-13(12-19-7-3-4-8-19)18-11-15-5-6-17-16(10-15)9-14(2)20-17/h5-6,10,13-14,18H,3-4,7-9,11-12H2,1-2H3. The molecule has 0 bridgehead atoms. The van der Waals surface area contributed by atoms with Gasteiger partial charge in [0.25, 0.3) is 0 Å². The van der Waals surface area contributed by atoms with Crippen LogP contribution in [0.15, 0.2) is 18.2 Å². The Morgan fingerprint density at radius 2 is 2.15 bits per heavy atom. The Kier molecular flexibility index (Phi) is 4.27. The Labute approximate surface area is 122 Å². The molecule has 3 rings (SSSR count). The summed E-state index contributed by atoms with van der Waals surface area (Å²) in [7, 11) is 0. The first-order valence-electron chi connectivity index (χ1n) is 7.95. The quantitative estimate of drug-likeness (QED) is 0.893. The molecule has 0 radical (unpaired) electrons. The average Bonchev–Trinajstić information content (AvgIpc) is 3.04. The van der Waals surface area contributed by atoms with Gasteiger partial charge in [0, 0.05) is 25.6 Å². The minimum absolute atomic E-state index is 0.335. The van der Waals surface area contributed by atoms with E-state index in [0.29, 0.717) is 12.1 Å². The van der Waals surface area contributed by atoms with Crippen LogP contribution in [-0.4, -0.2) is 36.7 Å². The summed E-state index contributed by atoms with van der Waals surface area (Å²) in [5, 5.41) is 3.65. The van der Waals surface area contributed by atoms with Gasteiger partial charge in [0.2, 0.25) is 0 Å². The molecule has 2 heterocycles. The minimum Gasteiger partial charge on any atom is -0.490 e. The number of likely N-dealkylation sites (tertiary alicyclic amines) is 1. The second-order valence-corrected chi connectivity index (χ2v) is 6.36. The zero-order chi connectivity index (χ0) is 13.9. The number of fused-ring (bicyclic) bond motifs is 1. The second-order valence-electron chi connectivity index (χ2n) is 6.36. The largest absolute Gasteiger partial charge is 0.490 e. The molecule has 0 spiro atoms. The van der Waals surface area contributed by atoms with E-state index in [1.165, 1.54) is 43.6 Å². The normalized spacial score (nSPS) is 23.6. The van der Waals surface area contributed by atoms with E-state index in [1.807, 2.05) is 0 Å². The maximum atomic E-state index is 5.75. The van der Waals surface area contributed by atoms with Crippen LogP contribution in [0.4, 0.5) is 0 Å². The Hall–Kier alpha value is -1.06. The average molecular weight is 274 g/mol. The highest BCUT2D eigenvalue weighted by Gasteiger charge is 2.19. The van der Waals surface area contributed by atoms with E-state index in [-0.39, 0.29) is 0 Å². The smallest absolute Gasteiger partial charge is 0.123 e. The Balaban J connectivity index is 1.49. The Morgan fingerprint density at radius 1 is 1.35 bits per heavy atom. The zero-order valence-corrected chi connectivity index (χ0v) is 12.7. The highest BCUT2D eigenvalue weighted by molar-refractivity contribution is 5.40. The van der Waals surface area contributed by atoms with E-state index < -0.39 is 0 Å². The Bertz CT molecular complexity index is 454. The lowest BCUT2D eigenvalue weighted by Gasteiger charge is -2.21. The van der Waals surface area contributed by atoms with Gasteiger partial charge in [-0.1, -0.05) is 12.1 Å². The summed E-state index contributed by atoms with van der Waals surface area (Å²) in [5.74, 6) is 1.08. The summed E-state index contributed by atoms with van der Waals surface area (Å²) in [4.78, 5) is 2.57. The van der Waals surface area contributed by atoms with Gasteiger partial charge in [-0.05, 0) is 57.0 Å². The van der Waals surface area contributed by atoms with Crippen LogP contribution in [0, 0.1) is 0 Å². The van der Waals surface area contributed by atoms with Gasteiger partial charge >= 0.3 is 0 Å². The third-order valence-electron chi connectivity index (χ3n) is 4.35. The summed E-state index contributed by atoms with van der Waals surface area (Å²) >= 11 is 0. The summed E-state index contributed by atoms with van der Waals surface area (Å²) < 4.78 is 5.75. The summed E-state index contributed by atoms with van der Waals surface area (Å²) in [6, 6.07) is 7.17. The van der Waals surface area contributed by atoms with Crippen LogP contribution in [-0.2, 0) is 13.0 Å². The van der Waals surface area contributed by atoms with Crippen LogP contribution in [0.1, 0.15) is 37.8 Å². The predicted molar refractivity (Wildman–Crippen MR) is 82.2 cm³/mol. The molecule has 2 atom stereocenters. The first-order valence-corrected chi connectivity index (χ1v) is 7.95. The van der Waals surface area contributed by atoms with Crippen LogP contribution in [0.25, 0.3) is 0 Å². The number of hydrogen-bond donors (Lipinski definition) is 1. The van der Waals surface area contributed by atoms with Crippen molar-refractivity contribution in [1.82, 2.24) is 10.2 Å². The summed E-state index contributed by atoms with van der Waals surface area (Å²) in [6.45, 7) is 9.11. The molecule has 110 valence electrons. The third kappa shape index (κ3) is 3.33. The lowest BCUT2D eigenvalue weighted by Crippen LogP contribution is -2.37. The lowest BCUT2D eigenvalue weighted by molar-refractivity contribution is 0.254. The van der Waals surface area contributed by atoms with Crippen molar-refractivity contribution in [2.24, 2.45) is 0 Å². The molecule has 1 aromatic rings. The maximum absolute atomic E-state index is 5.75. The van der Waals surface area contributed by atoms with Crippen molar-refractivity contribution in [3.05, 3.63) is 29.3 Å². The minimum atomic E-state index is 0.335. The number of nitrogens with zero attached hydrogens (tertiary/aromatic N) is 1. The fourth-order valence-corrected chi connectivity index (χ4v) is 3.29. The molecule has 2 unspecified atom stereocenters. The van der Waals surface area contributed by atoms with Crippen LogP contribution in [0.2, 0.25) is 0 Å². The fourth-order valence-electron chi connectivity index (χ4n) is 3.29. The topological polar surface area (TPSA) is 24.5 Å². The molecule has 3 nitrogen and oxygen atoms in total. The summed E-state index contributed by atoms with van der Waals surface area (Å²) in [6.07, 6.45) is 4.13. The Morgan fingerprint density at radius 3 is 2.95 bits per heavy atom. The van der Waals surface area contributed by atoms with Crippen LogP contribution >= 0.6 is 0 Å². The van der Waals surface area contributed by atoms with Crippen molar-refractivity contribution >= 4 is 0 Å². The molecule has 2 aliphatic rings. The molecular weight excluding hydrogens is 248 g/mol. The van der Waals surface area contributed by atoms with Crippen molar-refractivity contribution in [3.8, 4) is 5.75 Å². The van der Waals surface area contributed by atoms with Gasteiger partial charge in [0.1, 0.15) is 11.9 Å². The van der Waals surface area contributed by atoms with Gasteiger partial charge in [0.15, 0.2) is 0 Å². The molecular formula is C17H26N2O. The zero-order valence-electron chi connectivity index (χ0n) is 12.7. The van der Waals surface area contributed by atoms with Crippen molar-refractivity contribution in [2.75, 3.05) is 19.6 Å². The number of ether oxygens (including phenoxy) is 1. The highest BCUT2D eigenvalue weighted by atomic mass is 16.5. The monoisotopic (exact) mass is 274 g/mol. The molecule has 0 aliphatic carbocycles. The van der Waals surface area contributed by atoms with Gasteiger partial charge in [-0.3, -0.25) is 0 Å². The highest BCUT2D eigenvalue weighted by Crippen LogP contribution is 2.29. The van der Waals surface area contributed by atoms with E-state index in [4.69, 9.17) is 4.74 Å². The van der Waals surface area contributed by atoms with Gasteiger partial charge in [-0.25, -0.2) is 0 Å². The fraction of sp³-hybridized carbons (Fsp3) is 0.647. The number of hydrogen-bond acceptors (Lipinski definition) is 3. The van der Waals surface area contributed by atoms with Gasteiger partial charge in [0.05, 0.1) is 0 Å². The molecule has 0 amide bonds. The van der Waals surface area contributed by atoms with E-state index in [0.717, 1.165) is 18.7 Å². The van der Waals surface area contributed by atoms with E-state index in [1.54, 1.807) is 0 Å². The van der Waals surface area contributed by atoms with E-state index in [2.05, 4.69) is 42.3 Å². The number of rotatable bonds is 5. The molecule has 0 aromatic heterocycles. The first-order chi connectivity index (χ1) is 9.70. The van der Waals surface area contributed by atoms with Crippen molar-refractivity contribution in [3.63, 3.8) is 0 Å². The van der Waals surface area contributed by atoms with Crippen molar-refractivity contribution in [1.29, 1.82) is 0 Å². The predicted octanol–water partition coefficient (Wildman–Crippen LogP) is 2.58. The number of benzene rings is 1. The van der Waals surface area contributed by atoms with Crippen LogP contribution in [0.3, 0.4) is 0 Å². The van der Waals surface area contributed by atoms with Crippen molar-refractivity contribution < 1.29 is 4.74 Å². The first kappa shape index (κ1) is 13.9.